The van der Waals surface area contributed by atoms with Crippen molar-refractivity contribution in [2.45, 2.75) is 32.8 Å². The van der Waals surface area contributed by atoms with E-state index in [9.17, 15) is 4.79 Å². The van der Waals surface area contributed by atoms with Gasteiger partial charge >= 0.3 is 0 Å². The molecule has 2 aromatic rings. The predicted octanol–water partition coefficient (Wildman–Crippen LogP) is 2.09. The van der Waals surface area contributed by atoms with E-state index in [-0.39, 0.29) is 6.61 Å². The Bertz CT molecular complexity index is 581. The van der Waals surface area contributed by atoms with E-state index in [1.165, 1.54) is 0 Å². The van der Waals surface area contributed by atoms with Crippen LogP contribution in [-0.4, -0.2) is 16.0 Å². The maximum absolute atomic E-state index is 11.2. The number of nitrogens with zero attached hydrogens (tertiary/aromatic N) is 2. The van der Waals surface area contributed by atoms with Crippen LogP contribution in [0.1, 0.15) is 41.8 Å². The lowest BCUT2D eigenvalue weighted by Gasteiger charge is -2.06. The maximum atomic E-state index is 11.2. The zero-order valence-electron chi connectivity index (χ0n) is 11.3. The smallest absolute Gasteiger partial charge is 0.264 e. The lowest BCUT2D eigenvalue weighted by atomic mass is 10.2. The van der Waals surface area contributed by atoms with Crippen molar-refractivity contribution < 1.29 is 14.1 Å². The highest BCUT2D eigenvalue weighted by Gasteiger charge is 2.11. The van der Waals surface area contributed by atoms with Crippen molar-refractivity contribution in [3.05, 3.63) is 41.5 Å². The van der Waals surface area contributed by atoms with E-state index in [0.717, 1.165) is 19.3 Å². The second-order valence-corrected chi connectivity index (χ2v) is 4.36. The topological polar surface area (TPSA) is 91.2 Å². The molecule has 1 aromatic heterocycles. The van der Waals surface area contributed by atoms with E-state index in [2.05, 4.69) is 17.1 Å². The normalized spacial score (nSPS) is 10.4. The Balaban J connectivity index is 1.98. The number of rotatable bonds is 7. The molecular formula is C14H17N3O3. The van der Waals surface area contributed by atoms with Gasteiger partial charge in [0.05, 0.1) is 5.56 Å². The Labute approximate surface area is 116 Å². The molecule has 0 radical (unpaired) electrons. The second-order valence-electron chi connectivity index (χ2n) is 4.36. The third-order valence-electron chi connectivity index (χ3n) is 2.77. The number of aromatic nitrogens is 2. The van der Waals surface area contributed by atoms with Crippen molar-refractivity contribution >= 4 is 5.91 Å². The summed E-state index contributed by atoms with van der Waals surface area (Å²) >= 11 is 0. The second kappa shape index (κ2) is 6.70. The van der Waals surface area contributed by atoms with Crippen LogP contribution >= 0.6 is 0 Å². The summed E-state index contributed by atoms with van der Waals surface area (Å²) in [5, 5.41) is 3.87. The van der Waals surface area contributed by atoms with Crippen LogP contribution in [-0.2, 0) is 13.0 Å². The van der Waals surface area contributed by atoms with Crippen molar-refractivity contribution in [3.8, 4) is 5.75 Å². The largest absolute Gasteiger partial charge is 0.483 e. The van der Waals surface area contributed by atoms with Gasteiger partial charge in [0.2, 0.25) is 0 Å². The molecule has 0 aliphatic heterocycles. The first kappa shape index (κ1) is 14.0. The Morgan fingerprint density at radius 2 is 2.20 bits per heavy atom. The van der Waals surface area contributed by atoms with Gasteiger partial charge in [0.1, 0.15) is 5.75 Å². The lowest BCUT2D eigenvalue weighted by molar-refractivity contribution is 0.0995. The van der Waals surface area contributed by atoms with E-state index in [1.807, 2.05) is 0 Å². The van der Waals surface area contributed by atoms with Crippen LogP contribution in [0, 0.1) is 0 Å². The van der Waals surface area contributed by atoms with Gasteiger partial charge < -0.3 is 15.0 Å². The SMILES string of the molecule is CCCCc1noc(COc2ccccc2C(N)=O)n1. The Hall–Kier alpha value is -2.37. The zero-order chi connectivity index (χ0) is 14.4. The minimum atomic E-state index is -0.533. The number of carbonyl (C=O) groups excluding carboxylic acids is 1. The van der Waals surface area contributed by atoms with Crippen LogP contribution in [0.15, 0.2) is 28.8 Å². The van der Waals surface area contributed by atoms with Crippen LogP contribution in [0.5, 0.6) is 5.75 Å². The molecule has 0 unspecified atom stereocenters. The van der Waals surface area contributed by atoms with Gasteiger partial charge in [-0.25, -0.2) is 0 Å². The average molecular weight is 275 g/mol. The monoisotopic (exact) mass is 275 g/mol. The molecule has 0 spiro atoms. The van der Waals surface area contributed by atoms with E-state index in [4.69, 9.17) is 15.0 Å². The van der Waals surface area contributed by atoms with Crippen molar-refractivity contribution in [3.63, 3.8) is 0 Å². The maximum Gasteiger partial charge on any atom is 0.264 e. The molecule has 2 rings (SSSR count). The number of benzene rings is 1. The number of hydrogen-bond acceptors (Lipinski definition) is 5. The lowest BCUT2D eigenvalue weighted by Crippen LogP contribution is -2.12. The molecule has 0 fully saturated rings. The minimum absolute atomic E-state index is 0.115. The number of amides is 1. The predicted molar refractivity (Wildman–Crippen MR) is 72.2 cm³/mol. The minimum Gasteiger partial charge on any atom is -0.483 e. The van der Waals surface area contributed by atoms with Gasteiger partial charge in [-0.05, 0) is 18.6 Å². The van der Waals surface area contributed by atoms with Crippen LogP contribution in [0.2, 0.25) is 0 Å². The molecule has 0 bridgehead atoms. The summed E-state index contributed by atoms with van der Waals surface area (Å²) in [6.45, 7) is 2.22. The molecule has 0 aliphatic rings. The van der Waals surface area contributed by atoms with Crippen molar-refractivity contribution in [1.29, 1.82) is 0 Å². The fraction of sp³-hybridized carbons (Fsp3) is 0.357. The van der Waals surface area contributed by atoms with Gasteiger partial charge in [-0.2, -0.15) is 4.98 Å². The summed E-state index contributed by atoms with van der Waals surface area (Å²) in [5.74, 6) is 0.937. The third-order valence-corrected chi connectivity index (χ3v) is 2.77. The van der Waals surface area contributed by atoms with Crippen LogP contribution in [0.25, 0.3) is 0 Å². The number of ether oxygens (including phenoxy) is 1. The zero-order valence-corrected chi connectivity index (χ0v) is 11.3. The Morgan fingerprint density at radius 1 is 1.40 bits per heavy atom. The summed E-state index contributed by atoms with van der Waals surface area (Å²) in [5.41, 5.74) is 5.60. The molecule has 0 saturated carbocycles. The molecule has 106 valence electrons. The van der Waals surface area contributed by atoms with Gasteiger partial charge in [0.15, 0.2) is 12.4 Å². The van der Waals surface area contributed by atoms with Gasteiger partial charge in [0, 0.05) is 6.42 Å². The number of hydrogen-bond donors (Lipinski definition) is 1. The summed E-state index contributed by atoms with van der Waals surface area (Å²) in [6.07, 6.45) is 2.88. The molecule has 0 aliphatic carbocycles. The molecule has 2 N–H and O–H groups in total. The fourth-order valence-electron chi connectivity index (χ4n) is 1.72. The van der Waals surface area contributed by atoms with E-state index in [0.29, 0.717) is 23.0 Å². The van der Waals surface area contributed by atoms with E-state index < -0.39 is 5.91 Å². The number of aryl methyl sites for hydroxylation is 1. The molecule has 0 saturated heterocycles. The number of primary amides is 1. The molecule has 0 atom stereocenters. The van der Waals surface area contributed by atoms with Gasteiger partial charge in [0.25, 0.3) is 11.8 Å². The first-order valence-electron chi connectivity index (χ1n) is 6.53. The third kappa shape index (κ3) is 3.57. The number of para-hydroxylation sites is 1. The Kier molecular flexibility index (Phi) is 4.70. The highest BCUT2D eigenvalue weighted by molar-refractivity contribution is 5.95. The summed E-state index contributed by atoms with van der Waals surface area (Å²) in [6, 6.07) is 6.78. The molecule has 1 amide bonds. The first-order valence-corrected chi connectivity index (χ1v) is 6.53. The summed E-state index contributed by atoms with van der Waals surface area (Å²) < 4.78 is 10.6. The van der Waals surface area contributed by atoms with Crippen molar-refractivity contribution in [2.75, 3.05) is 0 Å². The van der Waals surface area contributed by atoms with Crippen molar-refractivity contribution in [2.24, 2.45) is 5.73 Å². The molecule has 1 aromatic carbocycles. The number of nitrogens with two attached hydrogens (primary N) is 1. The van der Waals surface area contributed by atoms with E-state index in [1.54, 1.807) is 24.3 Å². The number of unbranched alkanes of at least 4 members (excludes halogenated alkanes) is 1. The van der Waals surface area contributed by atoms with Gasteiger partial charge in [-0.15, -0.1) is 0 Å². The first-order chi connectivity index (χ1) is 9.70. The van der Waals surface area contributed by atoms with Crippen LogP contribution in [0.3, 0.4) is 0 Å². The summed E-state index contributed by atoms with van der Waals surface area (Å²) in [7, 11) is 0. The molecular weight excluding hydrogens is 258 g/mol. The molecule has 6 nitrogen and oxygen atoms in total. The fourth-order valence-corrected chi connectivity index (χ4v) is 1.72. The van der Waals surface area contributed by atoms with Crippen molar-refractivity contribution in [1.82, 2.24) is 10.1 Å². The average Bonchev–Trinajstić information content (AvgIpc) is 2.91. The molecule has 1 heterocycles. The van der Waals surface area contributed by atoms with Gasteiger partial charge in [-0.3, -0.25) is 4.79 Å². The molecule has 6 heteroatoms. The number of carbonyl (C=O) groups is 1. The van der Waals surface area contributed by atoms with Crippen LogP contribution < -0.4 is 10.5 Å². The summed E-state index contributed by atoms with van der Waals surface area (Å²) in [4.78, 5) is 15.5. The van der Waals surface area contributed by atoms with Crippen LogP contribution in [0.4, 0.5) is 0 Å². The van der Waals surface area contributed by atoms with E-state index >= 15 is 0 Å². The molecule has 20 heavy (non-hydrogen) atoms. The standard InChI is InChI=1S/C14H17N3O3/c1-2-3-8-12-16-13(20-17-12)9-19-11-7-5-4-6-10(11)14(15)18/h4-7H,2-3,8-9H2,1H3,(H2,15,18). The highest BCUT2D eigenvalue weighted by Crippen LogP contribution is 2.18. The Morgan fingerprint density at radius 3 is 2.95 bits per heavy atom. The quantitative estimate of drug-likeness (QED) is 0.835. The highest BCUT2D eigenvalue weighted by atomic mass is 16.5. The van der Waals surface area contributed by atoms with Gasteiger partial charge in [-0.1, -0.05) is 30.6 Å².